The highest BCUT2D eigenvalue weighted by Gasteiger charge is 2.41. The number of alkyl carbamates (subject to hydrolysis) is 1. The van der Waals surface area contributed by atoms with Gasteiger partial charge < -0.3 is 15.2 Å². The van der Waals surface area contributed by atoms with Gasteiger partial charge >= 0.3 is 6.09 Å². The Hall–Kier alpha value is -0.770. The van der Waals surface area contributed by atoms with Crippen molar-refractivity contribution in [3.63, 3.8) is 0 Å². The summed E-state index contributed by atoms with van der Waals surface area (Å²) in [6.07, 6.45) is -1.43. The SMILES string of the molecule is CC(C)C(O)C1OC(=O)NC1C(C)C. The molecular formula is C10H19NO3. The molecule has 14 heavy (non-hydrogen) atoms. The van der Waals surface area contributed by atoms with Crippen LogP contribution >= 0.6 is 0 Å². The molecule has 0 radical (unpaired) electrons. The number of rotatable bonds is 3. The number of aliphatic hydroxyl groups is 1. The van der Waals surface area contributed by atoms with Crippen molar-refractivity contribution in [2.45, 2.75) is 45.9 Å². The molecule has 0 saturated carbocycles. The Bertz CT molecular complexity index is 215. The average Bonchev–Trinajstić information content (AvgIpc) is 2.45. The van der Waals surface area contributed by atoms with Gasteiger partial charge in [-0.1, -0.05) is 27.7 Å². The summed E-state index contributed by atoms with van der Waals surface area (Å²) in [6, 6.07) is -0.0834. The normalized spacial score (nSPS) is 29.2. The smallest absolute Gasteiger partial charge is 0.407 e. The number of carbonyl (C=O) groups is 1. The summed E-state index contributed by atoms with van der Waals surface area (Å²) >= 11 is 0. The Kier molecular flexibility index (Phi) is 3.37. The zero-order valence-electron chi connectivity index (χ0n) is 9.15. The number of hydrogen-bond acceptors (Lipinski definition) is 3. The maximum absolute atomic E-state index is 11.1. The van der Waals surface area contributed by atoms with Crippen LogP contribution in [-0.2, 0) is 4.74 Å². The highest BCUT2D eigenvalue weighted by molar-refractivity contribution is 5.70. The van der Waals surface area contributed by atoms with Crippen molar-refractivity contribution in [3.05, 3.63) is 0 Å². The van der Waals surface area contributed by atoms with Gasteiger partial charge in [-0.05, 0) is 11.8 Å². The summed E-state index contributed by atoms with van der Waals surface area (Å²) < 4.78 is 5.06. The maximum Gasteiger partial charge on any atom is 0.407 e. The molecule has 0 aromatic heterocycles. The lowest BCUT2D eigenvalue weighted by atomic mass is 9.91. The maximum atomic E-state index is 11.1. The van der Waals surface area contributed by atoms with E-state index in [4.69, 9.17) is 4.74 Å². The van der Waals surface area contributed by atoms with E-state index in [9.17, 15) is 9.90 Å². The van der Waals surface area contributed by atoms with E-state index in [0.29, 0.717) is 0 Å². The summed E-state index contributed by atoms with van der Waals surface area (Å²) in [4.78, 5) is 11.1. The Morgan fingerprint density at radius 1 is 1.36 bits per heavy atom. The van der Waals surface area contributed by atoms with E-state index < -0.39 is 18.3 Å². The van der Waals surface area contributed by atoms with Crippen molar-refractivity contribution in [2.24, 2.45) is 11.8 Å². The van der Waals surface area contributed by atoms with Crippen LogP contribution in [0.5, 0.6) is 0 Å². The summed E-state index contributed by atoms with van der Waals surface area (Å²) in [5, 5.41) is 12.6. The zero-order chi connectivity index (χ0) is 10.9. The third kappa shape index (κ3) is 2.18. The predicted molar refractivity (Wildman–Crippen MR) is 52.9 cm³/mol. The fourth-order valence-electron chi connectivity index (χ4n) is 1.66. The van der Waals surface area contributed by atoms with Gasteiger partial charge in [-0.2, -0.15) is 0 Å². The second-order valence-corrected chi connectivity index (χ2v) is 4.52. The lowest BCUT2D eigenvalue weighted by molar-refractivity contribution is -0.0122. The van der Waals surface area contributed by atoms with Crippen molar-refractivity contribution >= 4 is 6.09 Å². The average molecular weight is 201 g/mol. The molecule has 0 aromatic carbocycles. The second kappa shape index (κ2) is 4.17. The van der Waals surface area contributed by atoms with Gasteiger partial charge in [-0.15, -0.1) is 0 Å². The van der Waals surface area contributed by atoms with Gasteiger partial charge in [0.1, 0.15) is 0 Å². The molecule has 0 aromatic rings. The fourth-order valence-corrected chi connectivity index (χ4v) is 1.66. The molecule has 0 spiro atoms. The Morgan fingerprint density at radius 2 is 1.93 bits per heavy atom. The Labute approximate surface area is 84.6 Å². The first-order valence-electron chi connectivity index (χ1n) is 5.08. The first kappa shape index (κ1) is 11.3. The number of nitrogens with one attached hydrogen (secondary N) is 1. The highest BCUT2D eigenvalue weighted by atomic mass is 16.6. The largest absolute Gasteiger partial charge is 0.441 e. The van der Waals surface area contributed by atoms with E-state index in [1.807, 2.05) is 27.7 Å². The Balaban J connectivity index is 2.71. The van der Waals surface area contributed by atoms with Crippen LogP contribution in [0.3, 0.4) is 0 Å². The van der Waals surface area contributed by atoms with Crippen molar-refractivity contribution in [2.75, 3.05) is 0 Å². The third-order valence-corrected chi connectivity index (χ3v) is 2.62. The van der Waals surface area contributed by atoms with Gasteiger partial charge in [-0.3, -0.25) is 0 Å². The van der Waals surface area contributed by atoms with Gasteiger partial charge in [0.05, 0.1) is 12.1 Å². The molecule has 1 aliphatic rings. The summed E-state index contributed by atoms with van der Waals surface area (Å²) in [5.41, 5.74) is 0. The van der Waals surface area contributed by atoms with Crippen LogP contribution in [0, 0.1) is 11.8 Å². The van der Waals surface area contributed by atoms with Crippen LogP contribution in [0.25, 0.3) is 0 Å². The molecular weight excluding hydrogens is 182 g/mol. The lowest BCUT2D eigenvalue weighted by Crippen LogP contribution is -2.44. The van der Waals surface area contributed by atoms with Crippen LogP contribution in [0.2, 0.25) is 0 Å². The topological polar surface area (TPSA) is 58.6 Å². The summed E-state index contributed by atoms with van der Waals surface area (Å²) in [6.45, 7) is 7.82. The van der Waals surface area contributed by atoms with E-state index in [1.165, 1.54) is 0 Å². The zero-order valence-corrected chi connectivity index (χ0v) is 9.15. The van der Waals surface area contributed by atoms with Crippen LogP contribution in [0.1, 0.15) is 27.7 Å². The molecule has 1 rings (SSSR count). The monoisotopic (exact) mass is 201 g/mol. The molecule has 1 heterocycles. The van der Waals surface area contributed by atoms with E-state index in [0.717, 1.165) is 0 Å². The van der Waals surface area contributed by atoms with Gasteiger partial charge in [0.15, 0.2) is 6.10 Å². The third-order valence-electron chi connectivity index (χ3n) is 2.62. The molecule has 82 valence electrons. The van der Waals surface area contributed by atoms with E-state index in [2.05, 4.69) is 5.32 Å². The van der Waals surface area contributed by atoms with E-state index in [1.54, 1.807) is 0 Å². The molecule has 0 bridgehead atoms. The first-order chi connectivity index (χ1) is 6.43. The van der Waals surface area contributed by atoms with Crippen molar-refractivity contribution in [3.8, 4) is 0 Å². The van der Waals surface area contributed by atoms with Crippen LogP contribution in [-0.4, -0.2) is 29.4 Å². The van der Waals surface area contributed by atoms with Crippen molar-refractivity contribution < 1.29 is 14.6 Å². The van der Waals surface area contributed by atoms with Gasteiger partial charge in [-0.25, -0.2) is 4.79 Å². The highest BCUT2D eigenvalue weighted by Crippen LogP contribution is 2.22. The molecule has 1 amide bonds. The fraction of sp³-hybridized carbons (Fsp3) is 0.900. The predicted octanol–water partition coefficient (Wildman–Crippen LogP) is 1.14. The molecule has 2 N–H and O–H groups in total. The summed E-state index contributed by atoms with van der Waals surface area (Å²) in [5.74, 6) is 0.355. The van der Waals surface area contributed by atoms with E-state index >= 15 is 0 Å². The minimum absolute atomic E-state index is 0.0834. The van der Waals surface area contributed by atoms with Crippen LogP contribution < -0.4 is 5.32 Å². The molecule has 1 fully saturated rings. The quantitative estimate of drug-likeness (QED) is 0.719. The molecule has 4 nitrogen and oxygen atoms in total. The summed E-state index contributed by atoms with van der Waals surface area (Å²) in [7, 11) is 0. The molecule has 4 heteroatoms. The standard InChI is InChI=1S/C10H19NO3/c1-5(2)7-9(8(12)6(3)4)14-10(13)11-7/h5-9,12H,1-4H3,(H,11,13). The number of ether oxygens (including phenoxy) is 1. The van der Waals surface area contributed by atoms with Crippen LogP contribution in [0.15, 0.2) is 0 Å². The van der Waals surface area contributed by atoms with Gasteiger partial charge in [0.25, 0.3) is 0 Å². The number of aliphatic hydroxyl groups excluding tert-OH is 1. The van der Waals surface area contributed by atoms with Crippen molar-refractivity contribution in [1.82, 2.24) is 5.32 Å². The van der Waals surface area contributed by atoms with Gasteiger partial charge in [0.2, 0.25) is 0 Å². The van der Waals surface area contributed by atoms with E-state index in [-0.39, 0.29) is 17.9 Å². The van der Waals surface area contributed by atoms with Gasteiger partial charge in [0, 0.05) is 0 Å². The number of amides is 1. The molecule has 0 aliphatic carbocycles. The molecule has 3 unspecified atom stereocenters. The van der Waals surface area contributed by atoms with Crippen LogP contribution in [0.4, 0.5) is 4.79 Å². The minimum atomic E-state index is -0.596. The minimum Gasteiger partial charge on any atom is -0.441 e. The van der Waals surface area contributed by atoms with Crippen molar-refractivity contribution in [1.29, 1.82) is 0 Å². The first-order valence-corrected chi connectivity index (χ1v) is 5.08. The number of hydrogen-bond donors (Lipinski definition) is 2. The second-order valence-electron chi connectivity index (χ2n) is 4.52. The molecule has 1 aliphatic heterocycles. The lowest BCUT2D eigenvalue weighted by Gasteiger charge is -2.26. The number of cyclic esters (lactones) is 1. The Morgan fingerprint density at radius 3 is 2.36 bits per heavy atom. The molecule has 3 atom stereocenters. The number of carbonyl (C=O) groups excluding carboxylic acids is 1. The molecule has 1 saturated heterocycles.